The number of non-ortho nitro benzene ring substituents is 1. The minimum absolute atomic E-state index is 0.0686. The van der Waals surface area contributed by atoms with Crippen LogP contribution in [0.1, 0.15) is 12.5 Å². The summed E-state index contributed by atoms with van der Waals surface area (Å²) in [5, 5.41) is 14.3. The number of anilines is 1. The molecule has 8 heteroatoms. The van der Waals surface area contributed by atoms with E-state index < -0.39 is 10.3 Å². The number of fused-ring (bicyclic) bond motifs is 1. The van der Waals surface area contributed by atoms with Crippen molar-refractivity contribution in [2.45, 2.75) is 12.3 Å². The normalized spacial score (nSPS) is 20.9. The second-order valence-corrected chi connectivity index (χ2v) is 4.54. The van der Waals surface area contributed by atoms with E-state index in [0.29, 0.717) is 11.3 Å². The van der Waals surface area contributed by atoms with Gasteiger partial charge in [0, 0.05) is 36.3 Å². The van der Waals surface area contributed by atoms with Gasteiger partial charge in [0.1, 0.15) is 0 Å². The van der Waals surface area contributed by atoms with Crippen LogP contribution in [0.2, 0.25) is 0 Å². The zero-order valence-corrected chi connectivity index (χ0v) is 10.4. The molecule has 0 saturated carbocycles. The first-order valence-electron chi connectivity index (χ1n) is 5.50. The van der Waals surface area contributed by atoms with E-state index in [9.17, 15) is 14.9 Å². The van der Waals surface area contributed by atoms with Gasteiger partial charge in [-0.2, -0.15) is 0 Å². The van der Waals surface area contributed by atoms with Crippen LogP contribution in [0.3, 0.4) is 0 Å². The highest BCUT2D eigenvalue weighted by Gasteiger charge is 2.46. The SMILES string of the molecule is CN1C(=O)C(C)(CN=[N+]=[N-])c2cc([N+](=O)[O-])ccc21. The number of carbonyl (C=O) groups is 1. The van der Waals surface area contributed by atoms with Gasteiger partial charge in [0.2, 0.25) is 5.91 Å². The van der Waals surface area contributed by atoms with Crippen LogP contribution in [0.15, 0.2) is 23.3 Å². The summed E-state index contributed by atoms with van der Waals surface area (Å²) in [6.07, 6.45) is 0. The maximum Gasteiger partial charge on any atom is 0.269 e. The number of nitro groups is 1. The molecule has 1 atom stereocenters. The number of amides is 1. The first-order chi connectivity index (χ1) is 8.91. The molecule has 8 nitrogen and oxygen atoms in total. The Morgan fingerprint density at radius 3 is 2.84 bits per heavy atom. The lowest BCUT2D eigenvalue weighted by Gasteiger charge is -2.20. The molecule has 0 aromatic heterocycles. The van der Waals surface area contributed by atoms with Crippen molar-refractivity contribution < 1.29 is 9.72 Å². The van der Waals surface area contributed by atoms with Crippen molar-refractivity contribution in [2.75, 3.05) is 18.5 Å². The molecule has 1 amide bonds. The molecule has 2 rings (SSSR count). The lowest BCUT2D eigenvalue weighted by Crippen LogP contribution is -2.38. The predicted molar refractivity (Wildman–Crippen MR) is 67.9 cm³/mol. The van der Waals surface area contributed by atoms with Gasteiger partial charge in [-0.1, -0.05) is 5.11 Å². The zero-order valence-electron chi connectivity index (χ0n) is 10.4. The molecule has 98 valence electrons. The van der Waals surface area contributed by atoms with Crippen molar-refractivity contribution in [1.82, 2.24) is 0 Å². The van der Waals surface area contributed by atoms with Gasteiger partial charge in [-0.25, -0.2) is 0 Å². The largest absolute Gasteiger partial charge is 0.314 e. The third kappa shape index (κ3) is 1.78. The number of hydrogen-bond donors (Lipinski definition) is 0. The fourth-order valence-electron chi connectivity index (χ4n) is 2.29. The lowest BCUT2D eigenvalue weighted by molar-refractivity contribution is -0.384. The highest BCUT2D eigenvalue weighted by Crippen LogP contribution is 2.42. The molecule has 1 unspecified atom stereocenters. The molecule has 0 saturated heterocycles. The van der Waals surface area contributed by atoms with E-state index in [4.69, 9.17) is 5.53 Å². The van der Waals surface area contributed by atoms with Crippen LogP contribution in [0.5, 0.6) is 0 Å². The zero-order chi connectivity index (χ0) is 14.2. The Morgan fingerprint density at radius 2 is 2.26 bits per heavy atom. The molecule has 0 N–H and O–H groups in total. The van der Waals surface area contributed by atoms with Gasteiger partial charge >= 0.3 is 0 Å². The van der Waals surface area contributed by atoms with Gasteiger partial charge in [0.05, 0.1) is 10.3 Å². The fourth-order valence-corrected chi connectivity index (χ4v) is 2.29. The Labute approximate surface area is 108 Å². The fraction of sp³-hybridized carbons (Fsp3) is 0.364. The van der Waals surface area contributed by atoms with Gasteiger partial charge in [0.25, 0.3) is 5.69 Å². The van der Waals surface area contributed by atoms with Crippen LogP contribution in [-0.2, 0) is 10.2 Å². The second kappa shape index (κ2) is 4.25. The smallest absolute Gasteiger partial charge is 0.269 e. The first-order valence-corrected chi connectivity index (χ1v) is 5.50. The van der Waals surface area contributed by atoms with Crippen molar-refractivity contribution in [2.24, 2.45) is 5.11 Å². The van der Waals surface area contributed by atoms with Gasteiger partial charge in [-0.3, -0.25) is 14.9 Å². The molecule has 0 fully saturated rings. The standard InChI is InChI=1S/C11H11N5O3/c1-11(6-13-14-12)8-5-7(16(18)19)3-4-9(8)15(2)10(11)17/h3-5H,6H2,1-2H3. The second-order valence-electron chi connectivity index (χ2n) is 4.54. The lowest BCUT2D eigenvalue weighted by atomic mass is 9.83. The number of nitrogens with zero attached hydrogens (tertiary/aromatic N) is 5. The molecular formula is C11H11N5O3. The number of benzene rings is 1. The van der Waals surface area contributed by atoms with Gasteiger partial charge in [-0.15, -0.1) is 0 Å². The number of hydrogen-bond acceptors (Lipinski definition) is 4. The molecule has 0 radical (unpaired) electrons. The van der Waals surface area contributed by atoms with Crippen molar-refractivity contribution >= 4 is 17.3 Å². The summed E-state index contributed by atoms with van der Waals surface area (Å²) < 4.78 is 0. The van der Waals surface area contributed by atoms with E-state index in [0.717, 1.165) is 0 Å². The van der Waals surface area contributed by atoms with Gasteiger partial charge < -0.3 is 4.90 Å². The van der Waals surface area contributed by atoms with Crippen LogP contribution in [-0.4, -0.2) is 24.4 Å². The quantitative estimate of drug-likeness (QED) is 0.273. The number of likely N-dealkylation sites (N-methyl/N-ethyl adjacent to an activating group) is 1. The highest BCUT2D eigenvalue weighted by molar-refractivity contribution is 6.07. The van der Waals surface area contributed by atoms with E-state index in [1.54, 1.807) is 14.0 Å². The molecule has 1 aliphatic rings. The average Bonchev–Trinajstić information content (AvgIpc) is 2.59. The summed E-state index contributed by atoms with van der Waals surface area (Å²) >= 11 is 0. The summed E-state index contributed by atoms with van der Waals surface area (Å²) in [7, 11) is 1.59. The minimum Gasteiger partial charge on any atom is -0.314 e. The van der Waals surface area contributed by atoms with Crippen LogP contribution in [0.25, 0.3) is 10.4 Å². The molecule has 0 bridgehead atoms. The van der Waals surface area contributed by atoms with Crippen molar-refractivity contribution in [1.29, 1.82) is 0 Å². The number of azide groups is 1. The summed E-state index contributed by atoms with van der Waals surface area (Å²) in [6.45, 7) is 1.55. The molecule has 1 heterocycles. The summed E-state index contributed by atoms with van der Waals surface area (Å²) in [5.74, 6) is -0.240. The van der Waals surface area contributed by atoms with E-state index >= 15 is 0 Å². The van der Waals surface area contributed by atoms with Crippen LogP contribution >= 0.6 is 0 Å². The Balaban J connectivity index is 2.62. The first kappa shape index (κ1) is 12.8. The summed E-state index contributed by atoms with van der Waals surface area (Å²) in [5.41, 5.74) is 8.39. The van der Waals surface area contributed by atoms with Gasteiger partial charge in [0.15, 0.2) is 0 Å². The molecule has 1 aliphatic heterocycles. The molecule has 1 aromatic rings. The monoisotopic (exact) mass is 261 g/mol. The van der Waals surface area contributed by atoms with Gasteiger partial charge in [-0.05, 0) is 24.1 Å². The number of carbonyl (C=O) groups excluding carboxylic acids is 1. The van der Waals surface area contributed by atoms with Crippen molar-refractivity contribution in [3.05, 3.63) is 44.3 Å². The van der Waals surface area contributed by atoms with Crippen molar-refractivity contribution in [3.8, 4) is 0 Å². The van der Waals surface area contributed by atoms with Crippen LogP contribution in [0.4, 0.5) is 11.4 Å². The van der Waals surface area contributed by atoms with Crippen LogP contribution < -0.4 is 4.90 Å². The maximum atomic E-state index is 12.2. The number of rotatable bonds is 3. The molecule has 19 heavy (non-hydrogen) atoms. The number of nitro benzene ring substituents is 1. The Morgan fingerprint density at radius 1 is 1.58 bits per heavy atom. The van der Waals surface area contributed by atoms with Crippen molar-refractivity contribution in [3.63, 3.8) is 0 Å². The molecule has 1 aromatic carbocycles. The Bertz CT molecular complexity index is 623. The summed E-state index contributed by atoms with van der Waals surface area (Å²) in [4.78, 5) is 26.6. The predicted octanol–water partition coefficient (Wildman–Crippen LogP) is 2.14. The summed E-state index contributed by atoms with van der Waals surface area (Å²) in [6, 6.07) is 4.25. The Hall–Kier alpha value is -2.60. The average molecular weight is 261 g/mol. The van der Waals surface area contributed by atoms with E-state index in [1.165, 1.54) is 23.1 Å². The maximum absolute atomic E-state index is 12.2. The van der Waals surface area contributed by atoms with E-state index in [2.05, 4.69) is 10.0 Å². The topological polar surface area (TPSA) is 112 Å². The van der Waals surface area contributed by atoms with E-state index in [1.807, 2.05) is 0 Å². The minimum atomic E-state index is -1.05. The third-order valence-electron chi connectivity index (χ3n) is 3.37. The third-order valence-corrected chi connectivity index (χ3v) is 3.37. The van der Waals surface area contributed by atoms with Crippen LogP contribution in [0, 0.1) is 10.1 Å². The molecular weight excluding hydrogens is 250 g/mol. The Kier molecular flexibility index (Phi) is 2.88. The molecule has 0 spiro atoms. The molecule has 0 aliphatic carbocycles. The highest BCUT2D eigenvalue weighted by atomic mass is 16.6. The van der Waals surface area contributed by atoms with E-state index in [-0.39, 0.29) is 18.1 Å².